The molecule has 236 valence electrons. The van der Waals surface area contributed by atoms with Crippen molar-refractivity contribution < 1.29 is 4.42 Å². The van der Waals surface area contributed by atoms with Crippen LogP contribution in [0.3, 0.4) is 0 Å². The highest BCUT2D eigenvalue weighted by molar-refractivity contribution is 6.27. The lowest BCUT2D eigenvalue weighted by atomic mass is 9.94. The highest BCUT2D eigenvalue weighted by Crippen LogP contribution is 2.43. The van der Waals surface area contributed by atoms with E-state index in [4.69, 9.17) is 4.42 Å². The Morgan fingerprint density at radius 3 is 1.39 bits per heavy atom. The van der Waals surface area contributed by atoms with Crippen LogP contribution in [0, 0.1) is 0 Å². The summed E-state index contributed by atoms with van der Waals surface area (Å²) >= 11 is 0. The SMILES string of the molecule is c1ccc2c(c1)oc1c2ccc2c1c1cc(-n3c4ccccc4c4ccccc43)ccc1n2-c1ccc2c3ccccc3c3ccccc3c2c1. The van der Waals surface area contributed by atoms with E-state index in [-0.39, 0.29) is 0 Å². The Kier molecular flexibility index (Phi) is 5.23. The third kappa shape index (κ3) is 3.57. The predicted octanol–water partition coefficient (Wildman–Crippen LogP) is 13.2. The molecule has 0 amide bonds. The zero-order valence-electron chi connectivity index (χ0n) is 27.5. The normalized spacial score (nSPS) is 12.3. The predicted molar refractivity (Wildman–Crippen MR) is 215 cm³/mol. The van der Waals surface area contributed by atoms with E-state index in [2.05, 4.69) is 179 Å². The molecule has 0 unspecified atom stereocenters. The van der Waals surface area contributed by atoms with Crippen LogP contribution in [0.15, 0.2) is 174 Å². The summed E-state index contributed by atoms with van der Waals surface area (Å²) in [7, 11) is 0. The Labute approximate surface area is 291 Å². The Balaban J connectivity index is 1.22. The van der Waals surface area contributed by atoms with E-state index < -0.39 is 0 Å². The summed E-state index contributed by atoms with van der Waals surface area (Å²) in [5.74, 6) is 0. The summed E-state index contributed by atoms with van der Waals surface area (Å²) in [6.07, 6.45) is 0. The lowest BCUT2D eigenvalue weighted by Gasteiger charge is -2.14. The highest BCUT2D eigenvalue weighted by atomic mass is 16.3. The number of hydrogen-bond donors (Lipinski definition) is 0. The lowest BCUT2D eigenvalue weighted by Crippen LogP contribution is -1.96. The molecular formula is C48H28N2O. The van der Waals surface area contributed by atoms with E-state index in [1.165, 1.54) is 54.1 Å². The molecule has 0 spiro atoms. The van der Waals surface area contributed by atoms with Gasteiger partial charge in [0.2, 0.25) is 0 Å². The smallest absolute Gasteiger partial charge is 0.145 e. The molecular weight excluding hydrogens is 621 g/mol. The summed E-state index contributed by atoms with van der Waals surface area (Å²) < 4.78 is 11.6. The number of furan rings is 1. The fourth-order valence-corrected chi connectivity index (χ4v) is 8.93. The van der Waals surface area contributed by atoms with Crippen LogP contribution < -0.4 is 0 Å². The van der Waals surface area contributed by atoms with Crippen LogP contribution >= 0.6 is 0 Å². The van der Waals surface area contributed by atoms with Crippen LogP contribution in [-0.4, -0.2) is 9.13 Å². The minimum atomic E-state index is 0.906. The Hall–Kier alpha value is -6.84. The number of benzene rings is 9. The van der Waals surface area contributed by atoms with Gasteiger partial charge in [0, 0.05) is 38.3 Å². The van der Waals surface area contributed by atoms with E-state index in [0.29, 0.717) is 0 Å². The molecule has 0 N–H and O–H groups in total. The van der Waals surface area contributed by atoms with E-state index >= 15 is 0 Å². The first-order valence-electron chi connectivity index (χ1n) is 17.5. The number of rotatable bonds is 2. The molecule has 51 heavy (non-hydrogen) atoms. The van der Waals surface area contributed by atoms with E-state index in [1.54, 1.807) is 0 Å². The maximum Gasteiger partial charge on any atom is 0.145 e. The van der Waals surface area contributed by atoms with Crippen molar-refractivity contribution in [2.75, 3.05) is 0 Å². The molecule has 0 aliphatic heterocycles. The van der Waals surface area contributed by atoms with Gasteiger partial charge in [-0.3, -0.25) is 0 Å². The van der Waals surface area contributed by atoms with Crippen LogP contribution in [-0.2, 0) is 0 Å². The van der Waals surface area contributed by atoms with Crippen LogP contribution in [0.1, 0.15) is 0 Å². The summed E-state index contributed by atoms with van der Waals surface area (Å²) in [5, 5.41) is 14.7. The number of fused-ring (bicyclic) bond motifs is 16. The molecule has 0 saturated heterocycles. The fourth-order valence-electron chi connectivity index (χ4n) is 8.93. The number of nitrogens with zero attached hydrogens (tertiary/aromatic N) is 2. The van der Waals surface area contributed by atoms with Gasteiger partial charge in [0.15, 0.2) is 0 Å². The molecule has 0 aliphatic carbocycles. The molecule has 0 aliphatic rings. The lowest BCUT2D eigenvalue weighted by molar-refractivity contribution is 0.673. The molecule has 0 atom stereocenters. The standard InChI is InChI=1S/C48H28N2O/c1-2-13-33-31(11-1)32-12-3-4-14-34(32)40-27-29(21-23-35(33)40)50-44-25-22-30(49-42-18-8-5-15-36(42)37-16-6-9-19-43(37)49)28-41(44)47-45(50)26-24-39-38-17-7-10-20-46(38)51-48(39)47/h1-28H. The van der Waals surface area contributed by atoms with Gasteiger partial charge in [-0.2, -0.15) is 0 Å². The number of para-hydroxylation sites is 3. The topological polar surface area (TPSA) is 23.0 Å². The first-order valence-corrected chi connectivity index (χ1v) is 17.5. The first kappa shape index (κ1) is 27.0. The Bertz CT molecular complexity index is 3340. The molecule has 0 fully saturated rings. The van der Waals surface area contributed by atoms with Crippen molar-refractivity contribution in [3.05, 3.63) is 170 Å². The highest BCUT2D eigenvalue weighted by Gasteiger charge is 2.21. The second-order valence-electron chi connectivity index (χ2n) is 13.7. The quantitative estimate of drug-likeness (QED) is 0.171. The molecule has 0 radical (unpaired) electrons. The van der Waals surface area contributed by atoms with Gasteiger partial charge in [-0.1, -0.05) is 109 Å². The van der Waals surface area contributed by atoms with Crippen LogP contribution in [0.5, 0.6) is 0 Å². The van der Waals surface area contributed by atoms with Gasteiger partial charge in [0.1, 0.15) is 11.2 Å². The number of hydrogen-bond acceptors (Lipinski definition) is 1. The largest absolute Gasteiger partial charge is 0.455 e. The number of aromatic nitrogens is 2. The van der Waals surface area contributed by atoms with Crippen molar-refractivity contribution in [3.63, 3.8) is 0 Å². The van der Waals surface area contributed by atoms with Crippen LogP contribution in [0.25, 0.3) is 109 Å². The minimum absolute atomic E-state index is 0.906. The van der Waals surface area contributed by atoms with Crippen molar-refractivity contribution >= 4 is 97.9 Å². The van der Waals surface area contributed by atoms with Gasteiger partial charge < -0.3 is 13.6 Å². The van der Waals surface area contributed by atoms with E-state index in [9.17, 15) is 0 Å². The summed E-state index contributed by atoms with van der Waals surface area (Å²) in [4.78, 5) is 0. The van der Waals surface area contributed by atoms with Crippen LogP contribution in [0.4, 0.5) is 0 Å². The Morgan fingerprint density at radius 1 is 0.294 bits per heavy atom. The van der Waals surface area contributed by atoms with E-state index in [0.717, 1.165) is 55.1 Å². The average molecular weight is 649 g/mol. The molecule has 12 aromatic rings. The molecule has 3 nitrogen and oxygen atoms in total. The van der Waals surface area contributed by atoms with Crippen molar-refractivity contribution in [2.45, 2.75) is 0 Å². The minimum Gasteiger partial charge on any atom is -0.455 e. The van der Waals surface area contributed by atoms with Crippen molar-refractivity contribution in [2.24, 2.45) is 0 Å². The maximum absolute atomic E-state index is 6.75. The summed E-state index contributed by atoms with van der Waals surface area (Å²) in [6.45, 7) is 0. The van der Waals surface area contributed by atoms with Gasteiger partial charge >= 0.3 is 0 Å². The average Bonchev–Trinajstić information content (AvgIpc) is 3.85. The molecule has 0 bridgehead atoms. The van der Waals surface area contributed by atoms with Crippen LogP contribution in [0.2, 0.25) is 0 Å². The zero-order chi connectivity index (χ0) is 33.2. The van der Waals surface area contributed by atoms with E-state index in [1.807, 2.05) is 0 Å². The van der Waals surface area contributed by atoms with Gasteiger partial charge in [0.25, 0.3) is 0 Å². The van der Waals surface area contributed by atoms with Gasteiger partial charge in [0.05, 0.1) is 27.5 Å². The first-order chi connectivity index (χ1) is 25.3. The van der Waals surface area contributed by atoms with Crippen molar-refractivity contribution in [1.82, 2.24) is 9.13 Å². The van der Waals surface area contributed by atoms with Gasteiger partial charge in [-0.25, -0.2) is 0 Å². The summed E-state index contributed by atoms with van der Waals surface area (Å²) in [6, 6.07) is 61.8. The molecule has 9 aromatic carbocycles. The van der Waals surface area contributed by atoms with Gasteiger partial charge in [-0.05, 0) is 93.0 Å². The second-order valence-corrected chi connectivity index (χ2v) is 13.7. The molecule has 0 saturated carbocycles. The van der Waals surface area contributed by atoms with Crippen molar-refractivity contribution in [1.29, 1.82) is 0 Å². The second kappa shape index (κ2) is 9.87. The molecule has 12 rings (SSSR count). The maximum atomic E-state index is 6.75. The fraction of sp³-hybridized carbons (Fsp3) is 0. The summed E-state index contributed by atoms with van der Waals surface area (Å²) in [5.41, 5.74) is 8.75. The zero-order valence-corrected chi connectivity index (χ0v) is 27.5. The Morgan fingerprint density at radius 2 is 0.725 bits per heavy atom. The molecule has 3 heterocycles. The molecule has 3 aromatic heterocycles. The molecule has 3 heteroatoms. The monoisotopic (exact) mass is 648 g/mol. The third-order valence-corrected chi connectivity index (χ3v) is 11.1. The van der Waals surface area contributed by atoms with Gasteiger partial charge in [-0.15, -0.1) is 0 Å². The third-order valence-electron chi connectivity index (χ3n) is 11.1. The van der Waals surface area contributed by atoms with Crippen molar-refractivity contribution in [3.8, 4) is 11.4 Å².